The Hall–Kier alpha value is 0.170. The molecule has 0 N–H and O–H groups in total. The van der Waals surface area contributed by atoms with Crippen LogP contribution < -0.4 is 0 Å². The molecule has 0 aliphatic rings. The van der Waals surface area contributed by atoms with Gasteiger partial charge < -0.3 is 4.74 Å². The molecule has 0 radical (unpaired) electrons. The molecule has 0 unspecified atom stereocenters. The van der Waals surface area contributed by atoms with Crippen LogP contribution >= 0.6 is 25.3 Å². The van der Waals surface area contributed by atoms with E-state index >= 15 is 0 Å². The standard InChI is InChI=1S/C5H10O2S2.CH4/c6-5(4-9)7-2-1-3-8;/h8-9H,1-4H2;1H4. The van der Waals surface area contributed by atoms with Crippen LogP contribution in [0.5, 0.6) is 0 Å². The Kier molecular flexibility index (Phi) is 11.7. The lowest BCUT2D eigenvalue weighted by atomic mass is 10.5. The van der Waals surface area contributed by atoms with Gasteiger partial charge in [0.1, 0.15) is 0 Å². The molecule has 10 heavy (non-hydrogen) atoms. The number of esters is 1. The molecule has 0 bridgehead atoms. The summed E-state index contributed by atoms with van der Waals surface area (Å²) >= 11 is 7.67. The van der Waals surface area contributed by atoms with Crippen LogP contribution in [-0.2, 0) is 9.53 Å². The first-order valence-corrected chi connectivity index (χ1v) is 3.95. The molecule has 0 fully saturated rings. The molecule has 4 heteroatoms. The van der Waals surface area contributed by atoms with Crippen LogP contribution in [0.3, 0.4) is 0 Å². The highest BCUT2D eigenvalue weighted by atomic mass is 32.1. The minimum absolute atomic E-state index is 0. The number of ether oxygens (including phenoxy) is 1. The summed E-state index contributed by atoms with van der Waals surface area (Å²) in [5.41, 5.74) is 0. The third kappa shape index (κ3) is 8.17. The van der Waals surface area contributed by atoms with Crippen molar-refractivity contribution in [3.63, 3.8) is 0 Å². The summed E-state index contributed by atoms with van der Waals surface area (Å²) in [6.45, 7) is 0.461. The van der Waals surface area contributed by atoms with Crippen LogP contribution in [0.25, 0.3) is 0 Å². The molecule has 2 nitrogen and oxygen atoms in total. The average molecular weight is 182 g/mol. The van der Waals surface area contributed by atoms with Gasteiger partial charge in [0, 0.05) is 0 Å². The van der Waals surface area contributed by atoms with E-state index in [2.05, 4.69) is 30.0 Å². The molecule has 0 aliphatic carbocycles. The fourth-order valence-corrected chi connectivity index (χ4v) is 0.517. The normalized spacial score (nSPS) is 8.20. The summed E-state index contributed by atoms with van der Waals surface area (Å²) in [4.78, 5) is 10.4. The third-order valence-electron chi connectivity index (χ3n) is 0.695. The van der Waals surface area contributed by atoms with Gasteiger partial charge in [-0.2, -0.15) is 25.3 Å². The fourth-order valence-electron chi connectivity index (χ4n) is 0.296. The van der Waals surface area contributed by atoms with Crippen molar-refractivity contribution in [1.29, 1.82) is 0 Å². The summed E-state index contributed by atoms with van der Waals surface area (Å²) in [6.07, 6.45) is 0.808. The lowest BCUT2D eigenvalue weighted by Crippen LogP contribution is -2.06. The van der Waals surface area contributed by atoms with Crippen LogP contribution in [0.2, 0.25) is 0 Å². The lowest BCUT2D eigenvalue weighted by molar-refractivity contribution is -0.140. The maximum Gasteiger partial charge on any atom is 0.315 e. The van der Waals surface area contributed by atoms with E-state index < -0.39 is 0 Å². The molecular formula is C6H14O2S2. The van der Waals surface area contributed by atoms with E-state index in [1.807, 2.05) is 0 Å². The Balaban J connectivity index is 0. The van der Waals surface area contributed by atoms with Crippen LogP contribution in [0.1, 0.15) is 13.8 Å². The molecule has 62 valence electrons. The molecule has 0 aromatic carbocycles. The second-order valence-electron chi connectivity index (χ2n) is 1.46. The SMILES string of the molecule is C.O=C(CS)OCCCS. The monoisotopic (exact) mass is 182 g/mol. The quantitative estimate of drug-likeness (QED) is 0.391. The summed E-state index contributed by atoms with van der Waals surface area (Å²) in [6, 6.07) is 0. The average Bonchev–Trinajstić information content (AvgIpc) is 1.89. The molecule has 0 spiro atoms. The molecule has 0 saturated heterocycles. The van der Waals surface area contributed by atoms with Crippen molar-refractivity contribution in [1.82, 2.24) is 0 Å². The van der Waals surface area contributed by atoms with Crippen molar-refractivity contribution in [2.75, 3.05) is 18.1 Å². The predicted octanol–water partition coefficient (Wildman–Crippen LogP) is 1.42. The van der Waals surface area contributed by atoms with Crippen molar-refractivity contribution in [3.05, 3.63) is 0 Å². The molecule has 0 rings (SSSR count). The summed E-state index contributed by atoms with van der Waals surface area (Å²) in [5, 5.41) is 0. The lowest BCUT2D eigenvalue weighted by Gasteiger charge is -1.98. The van der Waals surface area contributed by atoms with Crippen LogP contribution in [-0.4, -0.2) is 24.1 Å². The minimum Gasteiger partial charge on any atom is -0.465 e. The van der Waals surface area contributed by atoms with Gasteiger partial charge in [-0.1, -0.05) is 7.43 Å². The topological polar surface area (TPSA) is 26.3 Å². The van der Waals surface area contributed by atoms with Crippen LogP contribution in [0.15, 0.2) is 0 Å². The van der Waals surface area contributed by atoms with Crippen LogP contribution in [0.4, 0.5) is 0 Å². The first-order valence-electron chi connectivity index (χ1n) is 2.68. The number of carbonyl (C=O) groups excluding carboxylic acids is 1. The highest BCUT2D eigenvalue weighted by Crippen LogP contribution is 1.87. The third-order valence-corrected chi connectivity index (χ3v) is 1.27. The van der Waals surface area contributed by atoms with E-state index in [4.69, 9.17) is 0 Å². The Morgan fingerprint density at radius 3 is 2.40 bits per heavy atom. The van der Waals surface area contributed by atoms with E-state index in [9.17, 15) is 4.79 Å². The highest BCUT2D eigenvalue weighted by molar-refractivity contribution is 7.81. The Morgan fingerprint density at radius 1 is 1.40 bits per heavy atom. The van der Waals surface area contributed by atoms with Gasteiger partial charge in [0.25, 0.3) is 0 Å². The van der Waals surface area contributed by atoms with Gasteiger partial charge in [-0.15, -0.1) is 0 Å². The molecular weight excluding hydrogens is 168 g/mol. The van der Waals surface area contributed by atoms with E-state index in [0.717, 1.165) is 12.2 Å². The Bertz CT molecular complexity index is 85.8. The predicted molar refractivity (Wildman–Crippen MR) is 50.0 cm³/mol. The molecule has 0 atom stereocenters. The number of hydrogen-bond acceptors (Lipinski definition) is 4. The van der Waals surface area contributed by atoms with Gasteiger partial charge in [0.15, 0.2) is 0 Å². The van der Waals surface area contributed by atoms with E-state index in [1.165, 1.54) is 0 Å². The minimum atomic E-state index is -0.264. The van der Waals surface area contributed by atoms with E-state index in [0.29, 0.717) is 6.61 Å². The molecule has 0 aromatic rings. The van der Waals surface area contributed by atoms with Gasteiger partial charge in [0.2, 0.25) is 0 Å². The maximum absolute atomic E-state index is 10.4. The highest BCUT2D eigenvalue weighted by Gasteiger charge is 1.95. The zero-order valence-electron chi connectivity index (χ0n) is 5.04. The molecule has 0 saturated carbocycles. The van der Waals surface area contributed by atoms with Gasteiger partial charge in [-0.05, 0) is 12.2 Å². The maximum atomic E-state index is 10.4. The van der Waals surface area contributed by atoms with Crippen molar-refractivity contribution < 1.29 is 9.53 Å². The van der Waals surface area contributed by atoms with Gasteiger partial charge in [-0.25, -0.2) is 0 Å². The number of rotatable bonds is 4. The van der Waals surface area contributed by atoms with Crippen molar-refractivity contribution in [2.45, 2.75) is 13.8 Å². The zero-order valence-corrected chi connectivity index (χ0v) is 6.83. The second kappa shape index (κ2) is 9.17. The second-order valence-corrected chi connectivity index (χ2v) is 2.22. The molecule has 0 aromatic heterocycles. The smallest absolute Gasteiger partial charge is 0.315 e. The number of carbonyl (C=O) groups is 1. The number of thiol groups is 2. The molecule has 0 amide bonds. The van der Waals surface area contributed by atoms with Gasteiger partial charge in [-0.3, -0.25) is 4.79 Å². The Labute approximate surface area is 73.2 Å². The van der Waals surface area contributed by atoms with E-state index in [-0.39, 0.29) is 19.1 Å². The Morgan fingerprint density at radius 2 is 2.00 bits per heavy atom. The van der Waals surface area contributed by atoms with Crippen LogP contribution in [0, 0.1) is 0 Å². The van der Waals surface area contributed by atoms with Crippen molar-refractivity contribution in [2.24, 2.45) is 0 Å². The van der Waals surface area contributed by atoms with Gasteiger partial charge in [0.05, 0.1) is 12.4 Å². The summed E-state index contributed by atoms with van der Waals surface area (Å²) in [7, 11) is 0. The largest absolute Gasteiger partial charge is 0.465 e. The first-order chi connectivity index (χ1) is 4.31. The van der Waals surface area contributed by atoms with Crippen molar-refractivity contribution >= 4 is 31.2 Å². The fraction of sp³-hybridized carbons (Fsp3) is 0.833. The summed E-state index contributed by atoms with van der Waals surface area (Å²) in [5.74, 6) is 0.645. The first kappa shape index (κ1) is 12.8. The zero-order chi connectivity index (χ0) is 7.11. The van der Waals surface area contributed by atoms with Gasteiger partial charge >= 0.3 is 5.97 Å². The molecule has 0 heterocycles. The molecule has 0 aliphatic heterocycles. The van der Waals surface area contributed by atoms with E-state index in [1.54, 1.807) is 0 Å². The summed E-state index contributed by atoms with van der Waals surface area (Å²) < 4.78 is 4.67. The van der Waals surface area contributed by atoms with Crippen molar-refractivity contribution in [3.8, 4) is 0 Å². The number of hydrogen-bond donors (Lipinski definition) is 2.